The predicted octanol–water partition coefficient (Wildman–Crippen LogP) is 1.59. The Morgan fingerprint density at radius 1 is 1.35 bits per heavy atom. The van der Waals surface area contributed by atoms with Crippen LogP contribution < -0.4 is 4.74 Å². The van der Waals surface area contributed by atoms with Crippen LogP contribution in [0.4, 0.5) is 0 Å². The maximum atomic E-state index is 8.61. The topological polar surface area (TPSA) is 38.7 Å². The van der Waals surface area contributed by atoms with E-state index in [1.165, 1.54) is 0 Å². The number of hydrogen-bond donors (Lipinski definition) is 1. The van der Waals surface area contributed by atoms with Crippen LogP contribution in [0.15, 0.2) is 24.3 Å². The van der Waals surface area contributed by atoms with Crippen molar-refractivity contribution in [3.8, 4) is 17.6 Å². The molecule has 0 saturated carbocycles. The summed E-state index contributed by atoms with van der Waals surface area (Å²) in [6.07, 6.45) is 1.65. The highest BCUT2D eigenvalue weighted by molar-refractivity contribution is 5.38. The summed E-state index contributed by atoms with van der Waals surface area (Å²) >= 11 is 0. The first-order chi connectivity index (χ1) is 8.38. The van der Waals surface area contributed by atoms with Gasteiger partial charge in [-0.05, 0) is 24.3 Å². The summed E-state index contributed by atoms with van der Waals surface area (Å²) in [7, 11) is 0. The van der Waals surface area contributed by atoms with E-state index in [0.29, 0.717) is 13.0 Å². The molecule has 0 aromatic heterocycles. The molecule has 0 radical (unpaired) electrons. The summed E-state index contributed by atoms with van der Waals surface area (Å²) in [5.41, 5.74) is 0.938. The molecule has 17 heavy (non-hydrogen) atoms. The van der Waals surface area contributed by atoms with Crippen LogP contribution in [0, 0.1) is 11.8 Å². The minimum Gasteiger partial charge on any atom is -0.488 e. The van der Waals surface area contributed by atoms with Crippen molar-refractivity contribution in [2.75, 3.05) is 19.8 Å². The molecule has 0 bridgehead atoms. The molecule has 1 unspecified atom stereocenters. The van der Waals surface area contributed by atoms with Gasteiger partial charge in [0.25, 0.3) is 0 Å². The second-order valence-corrected chi connectivity index (χ2v) is 3.90. The summed E-state index contributed by atoms with van der Waals surface area (Å²) in [4.78, 5) is 0. The van der Waals surface area contributed by atoms with Crippen LogP contribution in [0.25, 0.3) is 0 Å². The van der Waals surface area contributed by atoms with E-state index in [0.717, 1.165) is 24.3 Å². The molecule has 1 aliphatic rings. The molecule has 1 fully saturated rings. The van der Waals surface area contributed by atoms with Gasteiger partial charge in [-0.2, -0.15) is 0 Å². The zero-order valence-corrected chi connectivity index (χ0v) is 9.69. The van der Waals surface area contributed by atoms with Gasteiger partial charge in [-0.3, -0.25) is 0 Å². The lowest BCUT2D eigenvalue weighted by atomic mass is 10.2. The molecule has 1 aliphatic heterocycles. The molecule has 1 aromatic carbocycles. The van der Waals surface area contributed by atoms with Gasteiger partial charge in [-0.1, -0.05) is 11.8 Å². The van der Waals surface area contributed by atoms with Crippen molar-refractivity contribution in [2.45, 2.75) is 18.9 Å². The van der Waals surface area contributed by atoms with Crippen molar-refractivity contribution in [3.05, 3.63) is 29.8 Å². The minimum absolute atomic E-state index is 0.107. The van der Waals surface area contributed by atoms with Gasteiger partial charge in [0.1, 0.15) is 11.9 Å². The molecule has 0 spiro atoms. The van der Waals surface area contributed by atoms with Gasteiger partial charge in [0.2, 0.25) is 0 Å². The monoisotopic (exact) mass is 232 g/mol. The molecule has 90 valence electrons. The number of benzene rings is 1. The van der Waals surface area contributed by atoms with Gasteiger partial charge in [0.05, 0.1) is 19.8 Å². The molecule has 1 saturated heterocycles. The summed E-state index contributed by atoms with van der Waals surface area (Å²) in [5.74, 6) is 6.71. The number of aliphatic hydroxyl groups excluding tert-OH is 1. The quantitative estimate of drug-likeness (QED) is 0.804. The van der Waals surface area contributed by atoms with Crippen molar-refractivity contribution in [3.63, 3.8) is 0 Å². The number of hydrogen-bond acceptors (Lipinski definition) is 3. The maximum absolute atomic E-state index is 8.61. The van der Waals surface area contributed by atoms with Gasteiger partial charge >= 0.3 is 0 Å². The maximum Gasteiger partial charge on any atom is 0.124 e. The molecule has 1 aromatic rings. The molecular weight excluding hydrogens is 216 g/mol. The highest BCUT2D eigenvalue weighted by Crippen LogP contribution is 2.17. The Hall–Kier alpha value is -1.50. The van der Waals surface area contributed by atoms with Crippen molar-refractivity contribution in [2.24, 2.45) is 0 Å². The van der Waals surface area contributed by atoms with E-state index in [-0.39, 0.29) is 12.7 Å². The first-order valence-electron chi connectivity index (χ1n) is 5.82. The van der Waals surface area contributed by atoms with Gasteiger partial charge in [0, 0.05) is 18.4 Å². The zero-order valence-electron chi connectivity index (χ0n) is 9.69. The zero-order chi connectivity index (χ0) is 11.9. The second kappa shape index (κ2) is 6.29. The Balaban J connectivity index is 1.91. The fraction of sp³-hybridized carbons (Fsp3) is 0.429. The fourth-order valence-corrected chi connectivity index (χ4v) is 1.64. The molecule has 0 aliphatic carbocycles. The van der Waals surface area contributed by atoms with Crippen LogP contribution in [0.1, 0.15) is 18.4 Å². The predicted molar refractivity (Wildman–Crippen MR) is 64.9 cm³/mol. The van der Waals surface area contributed by atoms with Crippen molar-refractivity contribution in [1.82, 2.24) is 0 Å². The molecule has 0 amide bonds. The summed E-state index contributed by atoms with van der Waals surface area (Å²) in [6, 6.07) is 7.69. The standard InChI is InChI=1S/C14H16O3/c15-9-2-1-3-12-4-6-13(7-5-12)17-14-8-10-16-11-14/h4-7,14-15H,2,8-11H2. The van der Waals surface area contributed by atoms with Gasteiger partial charge in [-0.15, -0.1) is 0 Å². The van der Waals surface area contributed by atoms with E-state index in [1.807, 2.05) is 24.3 Å². The Bertz CT molecular complexity index is 394. The lowest BCUT2D eigenvalue weighted by Crippen LogP contribution is -2.15. The lowest BCUT2D eigenvalue weighted by molar-refractivity contribution is 0.141. The molecule has 2 rings (SSSR count). The third-order valence-corrected chi connectivity index (χ3v) is 2.51. The third kappa shape index (κ3) is 3.77. The molecular formula is C14H16O3. The van der Waals surface area contributed by atoms with E-state index in [4.69, 9.17) is 14.6 Å². The Morgan fingerprint density at radius 3 is 2.82 bits per heavy atom. The number of rotatable bonds is 3. The van der Waals surface area contributed by atoms with E-state index >= 15 is 0 Å². The smallest absolute Gasteiger partial charge is 0.124 e. The van der Waals surface area contributed by atoms with Gasteiger partial charge in [-0.25, -0.2) is 0 Å². The molecule has 1 heterocycles. The van der Waals surface area contributed by atoms with E-state index in [1.54, 1.807) is 0 Å². The first-order valence-corrected chi connectivity index (χ1v) is 5.82. The van der Waals surface area contributed by atoms with Crippen molar-refractivity contribution in [1.29, 1.82) is 0 Å². The SMILES string of the molecule is OCCC#Cc1ccc(OC2CCOC2)cc1. The molecule has 1 N–H and O–H groups in total. The van der Waals surface area contributed by atoms with E-state index in [2.05, 4.69) is 11.8 Å². The third-order valence-electron chi connectivity index (χ3n) is 2.51. The average molecular weight is 232 g/mol. The van der Waals surface area contributed by atoms with Gasteiger partial charge < -0.3 is 14.6 Å². The van der Waals surface area contributed by atoms with Gasteiger partial charge in [0.15, 0.2) is 0 Å². The largest absolute Gasteiger partial charge is 0.488 e. The van der Waals surface area contributed by atoms with E-state index in [9.17, 15) is 0 Å². The normalized spacial score (nSPS) is 18.5. The second-order valence-electron chi connectivity index (χ2n) is 3.90. The van der Waals surface area contributed by atoms with E-state index < -0.39 is 0 Å². The van der Waals surface area contributed by atoms with Crippen LogP contribution in [-0.4, -0.2) is 31.0 Å². The van der Waals surface area contributed by atoms with Crippen LogP contribution in [0.5, 0.6) is 5.75 Å². The van der Waals surface area contributed by atoms with Crippen LogP contribution in [0.2, 0.25) is 0 Å². The highest BCUT2D eigenvalue weighted by atomic mass is 16.5. The van der Waals surface area contributed by atoms with Crippen LogP contribution >= 0.6 is 0 Å². The summed E-state index contributed by atoms with van der Waals surface area (Å²) in [6.45, 7) is 1.57. The molecule has 1 atom stereocenters. The molecule has 3 heteroatoms. The minimum atomic E-state index is 0.107. The van der Waals surface area contributed by atoms with Crippen LogP contribution in [-0.2, 0) is 4.74 Å². The van der Waals surface area contributed by atoms with Crippen molar-refractivity contribution >= 4 is 0 Å². The summed E-state index contributed by atoms with van der Waals surface area (Å²) in [5, 5.41) is 8.61. The summed E-state index contributed by atoms with van der Waals surface area (Å²) < 4.78 is 11.0. The Kier molecular flexibility index (Phi) is 4.43. The molecule has 3 nitrogen and oxygen atoms in total. The number of ether oxygens (including phenoxy) is 2. The average Bonchev–Trinajstić information content (AvgIpc) is 2.85. The Morgan fingerprint density at radius 2 is 2.18 bits per heavy atom. The lowest BCUT2D eigenvalue weighted by Gasteiger charge is -2.11. The van der Waals surface area contributed by atoms with Crippen molar-refractivity contribution < 1.29 is 14.6 Å². The Labute approximate surface area is 101 Å². The highest BCUT2D eigenvalue weighted by Gasteiger charge is 2.16. The number of aliphatic hydroxyl groups is 1. The first kappa shape index (κ1) is 12.0. The van der Waals surface area contributed by atoms with Crippen LogP contribution in [0.3, 0.4) is 0 Å². The fourth-order valence-electron chi connectivity index (χ4n) is 1.64.